The van der Waals surface area contributed by atoms with Gasteiger partial charge in [-0.25, -0.2) is 8.42 Å². The van der Waals surface area contributed by atoms with E-state index in [0.29, 0.717) is 5.56 Å². The molecule has 4 nitrogen and oxygen atoms in total. The van der Waals surface area contributed by atoms with Crippen molar-refractivity contribution in [2.75, 3.05) is 6.26 Å². The Bertz CT molecular complexity index is 1000. The van der Waals surface area contributed by atoms with Gasteiger partial charge in [-0.1, -0.05) is 48.6 Å². The van der Waals surface area contributed by atoms with E-state index in [1.165, 1.54) is 24.3 Å². The highest BCUT2D eigenvalue weighted by Gasteiger charge is 2.39. The number of nitrogens with zero attached hydrogens (tertiary/aromatic N) is 2. The highest BCUT2D eigenvalue weighted by atomic mass is 32.2. The minimum absolute atomic E-state index is 0.0130. The van der Waals surface area contributed by atoms with E-state index >= 15 is 0 Å². The monoisotopic (exact) mass is 410 g/mol. The van der Waals surface area contributed by atoms with Crippen molar-refractivity contribution in [2.24, 2.45) is 0 Å². The first-order valence-electron chi connectivity index (χ1n) is 8.45. The van der Waals surface area contributed by atoms with Gasteiger partial charge in [-0.3, -0.25) is 4.68 Å². The van der Waals surface area contributed by atoms with Crippen LogP contribution in [0.2, 0.25) is 0 Å². The summed E-state index contributed by atoms with van der Waals surface area (Å²) in [5.74, 6) is 0. The maximum absolute atomic E-state index is 13.8. The van der Waals surface area contributed by atoms with Gasteiger partial charge in [0.25, 0.3) is 0 Å². The molecule has 28 heavy (non-hydrogen) atoms. The predicted molar refractivity (Wildman–Crippen MR) is 104 cm³/mol. The molecule has 0 aliphatic rings. The summed E-state index contributed by atoms with van der Waals surface area (Å²) >= 11 is 0. The second kappa shape index (κ2) is 8.60. The summed E-state index contributed by atoms with van der Waals surface area (Å²) in [7, 11) is -3.41. The molecule has 0 aliphatic heterocycles. The van der Waals surface area contributed by atoms with Gasteiger partial charge in [0.2, 0.25) is 0 Å². The van der Waals surface area contributed by atoms with Crippen molar-refractivity contribution in [3.8, 4) is 11.1 Å². The molecule has 0 unspecified atom stereocenters. The Morgan fingerprint density at radius 1 is 1.25 bits per heavy atom. The molecule has 1 aromatic carbocycles. The topological polar surface area (TPSA) is 52.0 Å². The van der Waals surface area contributed by atoms with Crippen LogP contribution in [-0.4, -0.2) is 24.5 Å². The van der Waals surface area contributed by atoms with Crippen molar-refractivity contribution in [3.63, 3.8) is 0 Å². The fraction of sp³-hybridized carbons (Fsp3) is 0.250. The van der Waals surface area contributed by atoms with E-state index in [2.05, 4.69) is 11.7 Å². The van der Waals surface area contributed by atoms with Crippen LogP contribution in [-0.2, 0) is 29.0 Å². The SMILES string of the molecule is C=CCn1nc(C/C=C\C(=C/C)S(C)(=O)=O)c(-c2ccccc2)c1C(F)(F)F. The van der Waals surface area contributed by atoms with Gasteiger partial charge < -0.3 is 0 Å². The third kappa shape index (κ3) is 5.01. The standard InChI is InChI=1S/C20H21F3N2O2S/c1-4-14-25-19(20(21,22)23)18(15-10-7-6-8-11-15)17(24-25)13-9-12-16(5-2)28(3,26)27/h4-12H,1,13-14H2,2-3H3/b12-9-,16-5+. The zero-order valence-corrected chi connectivity index (χ0v) is 16.4. The van der Waals surface area contributed by atoms with Gasteiger partial charge in [-0.05, 0) is 18.6 Å². The lowest BCUT2D eigenvalue weighted by molar-refractivity contribution is -0.143. The summed E-state index contributed by atoms with van der Waals surface area (Å²) in [6.07, 6.45) is 2.17. The Morgan fingerprint density at radius 2 is 1.89 bits per heavy atom. The summed E-state index contributed by atoms with van der Waals surface area (Å²) in [5.41, 5.74) is -0.263. The lowest BCUT2D eigenvalue weighted by atomic mass is 10.0. The number of benzene rings is 1. The van der Waals surface area contributed by atoms with Crippen molar-refractivity contribution >= 4 is 9.84 Å². The third-order valence-corrected chi connectivity index (χ3v) is 5.19. The Hall–Kier alpha value is -2.61. The number of hydrogen-bond donors (Lipinski definition) is 0. The van der Waals surface area contributed by atoms with Crippen LogP contribution >= 0.6 is 0 Å². The summed E-state index contributed by atoms with van der Waals surface area (Å²) in [4.78, 5) is 0.0929. The molecule has 150 valence electrons. The van der Waals surface area contributed by atoms with E-state index in [4.69, 9.17) is 0 Å². The Morgan fingerprint density at radius 3 is 2.39 bits per heavy atom. The maximum atomic E-state index is 13.8. The summed E-state index contributed by atoms with van der Waals surface area (Å²) in [6.45, 7) is 4.98. The van der Waals surface area contributed by atoms with Gasteiger partial charge in [0.05, 0.1) is 17.1 Å². The average Bonchev–Trinajstić information content (AvgIpc) is 2.97. The van der Waals surface area contributed by atoms with Gasteiger partial charge in [-0.2, -0.15) is 18.3 Å². The fourth-order valence-corrected chi connectivity index (χ4v) is 3.60. The molecule has 8 heteroatoms. The quantitative estimate of drug-likeness (QED) is 0.487. The number of sulfone groups is 1. The van der Waals surface area contributed by atoms with Crippen molar-refractivity contribution in [3.05, 3.63) is 77.5 Å². The summed E-state index contributed by atoms with van der Waals surface area (Å²) in [5, 5.41) is 4.13. The van der Waals surface area contributed by atoms with Crippen molar-refractivity contribution < 1.29 is 21.6 Å². The first-order chi connectivity index (χ1) is 13.1. The highest BCUT2D eigenvalue weighted by molar-refractivity contribution is 7.94. The molecule has 0 radical (unpaired) electrons. The van der Waals surface area contributed by atoms with E-state index in [1.807, 2.05) is 0 Å². The minimum Gasteiger partial charge on any atom is -0.256 e. The van der Waals surface area contributed by atoms with Crippen LogP contribution in [0, 0.1) is 0 Å². The van der Waals surface area contributed by atoms with E-state index < -0.39 is 21.7 Å². The second-order valence-electron chi connectivity index (χ2n) is 6.07. The normalized spacial score (nSPS) is 13.2. The molecule has 1 aromatic heterocycles. The first kappa shape index (κ1) is 21.7. The van der Waals surface area contributed by atoms with E-state index in [9.17, 15) is 21.6 Å². The lowest BCUT2D eigenvalue weighted by Gasteiger charge is -2.12. The number of aromatic nitrogens is 2. The second-order valence-corrected chi connectivity index (χ2v) is 8.09. The molecule has 2 aromatic rings. The minimum atomic E-state index is -4.61. The van der Waals surface area contributed by atoms with Crippen LogP contribution in [0.15, 0.2) is 66.1 Å². The largest absolute Gasteiger partial charge is 0.433 e. The van der Waals surface area contributed by atoms with Gasteiger partial charge >= 0.3 is 6.18 Å². The van der Waals surface area contributed by atoms with Gasteiger partial charge in [0.1, 0.15) is 0 Å². The molecular formula is C20H21F3N2O2S. The summed E-state index contributed by atoms with van der Waals surface area (Å²) < 4.78 is 65.6. The van der Waals surface area contributed by atoms with Gasteiger partial charge in [0, 0.05) is 18.2 Å². The Kier molecular flexibility index (Phi) is 6.66. The van der Waals surface area contributed by atoms with Crippen LogP contribution in [0.3, 0.4) is 0 Å². The number of alkyl halides is 3. The molecule has 2 rings (SSSR count). The number of halogens is 3. The van der Waals surface area contributed by atoms with Crippen molar-refractivity contribution in [2.45, 2.75) is 26.1 Å². The van der Waals surface area contributed by atoms with E-state index in [0.717, 1.165) is 10.9 Å². The van der Waals surface area contributed by atoms with Crippen LogP contribution in [0.5, 0.6) is 0 Å². The molecule has 0 amide bonds. The molecule has 0 saturated heterocycles. The van der Waals surface area contributed by atoms with Crippen molar-refractivity contribution in [1.82, 2.24) is 9.78 Å². The molecule has 0 saturated carbocycles. The van der Waals surface area contributed by atoms with Crippen molar-refractivity contribution in [1.29, 1.82) is 0 Å². The van der Waals surface area contributed by atoms with Crippen LogP contribution in [0.4, 0.5) is 13.2 Å². The molecule has 0 aliphatic carbocycles. The van der Waals surface area contributed by atoms with Gasteiger partial charge in [0.15, 0.2) is 15.5 Å². The number of hydrogen-bond acceptors (Lipinski definition) is 3. The lowest BCUT2D eigenvalue weighted by Crippen LogP contribution is -2.15. The van der Waals surface area contributed by atoms with Crippen LogP contribution in [0.1, 0.15) is 18.3 Å². The number of rotatable bonds is 7. The van der Waals surface area contributed by atoms with Gasteiger partial charge in [-0.15, -0.1) is 6.58 Å². The Labute approximate surface area is 162 Å². The smallest absolute Gasteiger partial charge is 0.256 e. The van der Waals surface area contributed by atoms with E-state index in [-0.39, 0.29) is 29.1 Å². The Balaban J connectivity index is 2.59. The predicted octanol–water partition coefficient (Wildman–Crippen LogP) is 4.80. The first-order valence-corrected chi connectivity index (χ1v) is 10.3. The van der Waals surface area contributed by atoms with Crippen LogP contribution in [0.25, 0.3) is 11.1 Å². The average molecular weight is 410 g/mol. The molecule has 0 N–H and O–H groups in total. The summed E-state index contributed by atoms with van der Waals surface area (Å²) in [6, 6.07) is 8.20. The highest BCUT2D eigenvalue weighted by Crippen LogP contribution is 2.39. The molecule has 0 atom stereocenters. The fourth-order valence-electron chi connectivity index (χ4n) is 2.83. The molecular weight excluding hydrogens is 389 g/mol. The number of allylic oxidation sites excluding steroid dienone is 4. The molecule has 0 fully saturated rings. The maximum Gasteiger partial charge on any atom is 0.433 e. The molecule has 0 bridgehead atoms. The van der Waals surface area contributed by atoms with E-state index in [1.54, 1.807) is 37.3 Å². The van der Waals surface area contributed by atoms with Crippen LogP contribution < -0.4 is 0 Å². The molecule has 0 spiro atoms. The zero-order valence-electron chi connectivity index (χ0n) is 15.6. The molecule has 1 heterocycles. The zero-order chi connectivity index (χ0) is 20.9. The third-order valence-electron chi connectivity index (χ3n) is 3.96.